The molecule has 3 rings (SSSR count). The minimum Gasteiger partial charge on any atom is -0.420 e. The highest BCUT2D eigenvalue weighted by Gasteiger charge is 2.30. The highest BCUT2D eigenvalue weighted by Crippen LogP contribution is 2.31. The van der Waals surface area contributed by atoms with E-state index in [2.05, 4.69) is 26.1 Å². The van der Waals surface area contributed by atoms with Crippen LogP contribution in [0.1, 0.15) is 17.0 Å². The van der Waals surface area contributed by atoms with Crippen molar-refractivity contribution in [3.63, 3.8) is 0 Å². The summed E-state index contributed by atoms with van der Waals surface area (Å²) < 4.78 is 44.6. The number of halogens is 4. The first-order valence-electron chi connectivity index (χ1n) is 7.24. The average Bonchev–Trinajstić information content (AvgIpc) is 3.03. The molecule has 1 heterocycles. The first-order valence-corrected chi connectivity index (χ1v) is 9.19. The van der Waals surface area contributed by atoms with Crippen LogP contribution in [0, 0.1) is 0 Å². The predicted molar refractivity (Wildman–Crippen MR) is 93.9 cm³/mol. The summed E-state index contributed by atoms with van der Waals surface area (Å²) >= 11 is 4.84. The zero-order chi connectivity index (χ0) is 17.9. The summed E-state index contributed by atoms with van der Waals surface area (Å²) in [7, 11) is 0. The maximum atomic E-state index is 12.7. The van der Waals surface area contributed by atoms with Crippen molar-refractivity contribution < 1.29 is 17.6 Å². The van der Waals surface area contributed by atoms with E-state index in [1.807, 2.05) is 24.3 Å². The lowest BCUT2D eigenvalue weighted by atomic mass is 10.1. The van der Waals surface area contributed by atoms with Crippen molar-refractivity contribution in [1.82, 2.24) is 10.2 Å². The molecule has 130 valence electrons. The third kappa shape index (κ3) is 4.64. The second-order valence-corrected chi connectivity index (χ2v) is 7.01. The zero-order valence-electron chi connectivity index (χ0n) is 12.8. The van der Waals surface area contributed by atoms with Crippen molar-refractivity contribution in [2.24, 2.45) is 0 Å². The molecule has 0 radical (unpaired) electrons. The lowest BCUT2D eigenvalue weighted by Crippen LogP contribution is -2.04. The molecule has 0 saturated heterocycles. The number of nitrogens with zero attached hydrogens (tertiary/aromatic N) is 2. The van der Waals surface area contributed by atoms with Crippen LogP contribution in [0.2, 0.25) is 0 Å². The van der Waals surface area contributed by atoms with E-state index in [1.54, 1.807) is 6.07 Å². The molecule has 0 bridgehead atoms. The largest absolute Gasteiger partial charge is 0.420 e. The summed E-state index contributed by atoms with van der Waals surface area (Å²) in [6.45, 7) is 0. The molecule has 0 amide bonds. The molecule has 0 aliphatic heterocycles. The van der Waals surface area contributed by atoms with Gasteiger partial charge in [0.25, 0.3) is 0 Å². The third-order valence-electron chi connectivity index (χ3n) is 3.32. The van der Waals surface area contributed by atoms with Gasteiger partial charge >= 0.3 is 6.18 Å². The van der Waals surface area contributed by atoms with Crippen LogP contribution in [-0.4, -0.2) is 10.2 Å². The van der Waals surface area contributed by atoms with Gasteiger partial charge in [-0.05, 0) is 39.7 Å². The fourth-order valence-corrected chi connectivity index (χ4v) is 3.41. The molecule has 0 saturated carbocycles. The second kappa shape index (κ2) is 7.61. The van der Waals surface area contributed by atoms with Gasteiger partial charge in [-0.25, -0.2) is 0 Å². The Morgan fingerprint density at radius 1 is 1.00 bits per heavy atom. The summed E-state index contributed by atoms with van der Waals surface area (Å²) in [6.07, 6.45) is -4.33. The Morgan fingerprint density at radius 3 is 2.56 bits per heavy atom. The standard InChI is InChI=1S/C17H12BrF3N2OS/c18-14-7-2-1-6-13(14)16-23-22-15(24-16)10-25-9-11-4-3-5-12(8-11)17(19,20)21/h1-8H,9-10H2. The molecule has 0 atom stereocenters. The number of rotatable bonds is 5. The van der Waals surface area contributed by atoms with Crippen molar-refractivity contribution in [3.05, 3.63) is 70.0 Å². The fourth-order valence-electron chi connectivity index (χ4n) is 2.15. The molecule has 0 aliphatic rings. The highest BCUT2D eigenvalue weighted by atomic mass is 79.9. The zero-order valence-corrected chi connectivity index (χ0v) is 15.2. The van der Waals surface area contributed by atoms with Crippen molar-refractivity contribution >= 4 is 27.7 Å². The minimum absolute atomic E-state index is 0.405. The molecule has 3 nitrogen and oxygen atoms in total. The summed E-state index contributed by atoms with van der Waals surface area (Å²) in [5.74, 6) is 1.69. The quantitative estimate of drug-likeness (QED) is 0.503. The highest BCUT2D eigenvalue weighted by molar-refractivity contribution is 9.10. The molecule has 2 aromatic carbocycles. The number of alkyl halides is 3. The Hall–Kier alpha value is -1.80. The van der Waals surface area contributed by atoms with Gasteiger partial charge in [0.1, 0.15) is 0 Å². The van der Waals surface area contributed by atoms with Gasteiger partial charge in [-0.1, -0.05) is 30.3 Å². The van der Waals surface area contributed by atoms with Crippen LogP contribution in [0.25, 0.3) is 11.5 Å². The van der Waals surface area contributed by atoms with Crippen LogP contribution in [0.3, 0.4) is 0 Å². The molecule has 8 heteroatoms. The lowest BCUT2D eigenvalue weighted by molar-refractivity contribution is -0.137. The summed E-state index contributed by atoms with van der Waals surface area (Å²) in [6, 6.07) is 12.8. The summed E-state index contributed by atoms with van der Waals surface area (Å²) in [4.78, 5) is 0. The number of aromatic nitrogens is 2. The van der Waals surface area contributed by atoms with Crippen LogP contribution in [0.4, 0.5) is 13.2 Å². The molecular weight excluding hydrogens is 417 g/mol. The third-order valence-corrected chi connectivity index (χ3v) is 5.00. The second-order valence-electron chi connectivity index (χ2n) is 5.17. The molecule has 0 unspecified atom stereocenters. The molecule has 0 spiro atoms. The smallest absolute Gasteiger partial charge is 0.416 e. The van der Waals surface area contributed by atoms with Gasteiger partial charge in [0.2, 0.25) is 11.8 Å². The van der Waals surface area contributed by atoms with Crippen molar-refractivity contribution in [3.8, 4) is 11.5 Å². The molecule has 0 aliphatic carbocycles. The van der Waals surface area contributed by atoms with Crippen molar-refractivity contribution in [2.45, 2.75) is 17.7 Å². The van der Waals surface area contributed by atoms with Gasteiger partial charge in [0.05, 0.1) is 16.9 Å². The Labute approximate surface area is 154 Å². The summed E-state index contributed by atoms with van der Waals surface area (Å²) in [5, 5.41) is 7.99. The van der Waals surface area contributed by atoms with E-state index in [0.29, 0.717) is 28.9 Å². The van der Waals surface area contributed by atoms with Crippen molar-refractivity contribution in [2.75, 3.05) is 0 Å². The van der Waals surface area contributed by atoms with Crippen LogP contribution in [-0.2, 0) is 17.7 Å². The lowest BCUT2D eigenvalue weighted by Gasteiger charge is -2.08. The van der Waals surface area contributed by atoms with Gasteiger partial charge in [-0.15, -0.1) is 22.0 Å². The van der Waals surface area contributed by atoms with Crippen molar-refractivity contribution in [1.29, 1.82) is 0 Å². The van der Waals surface area contributed by atoms with E-state index in [0.717, 1.165) is 22.2 Å². The number of thioether (sulfide) groups is 1. The van der Waals surface area contributed by atoms with E-state index in [-0.39, 0.29) is 0 Å². The minimum atomic E-state index is -4.33. The number of hydrogen-bond acceptors (Lipinski definition) is 4. The molecule has 0 N–H and O–H groups in total. The Balaban J connectivity index is 1.61. The molecule has 0 fully saturated rings. The van der Waals surface area contributed by atoms with Crippen LogP contribution < -0.4 is 0 Å². The van der Waals surface area contributed by atoms with E-state index in [9.17, 15) is 13.2 Å². The number of benzene rings is 2. The summed E-state index contributed by atoms with van der Waals surface area (Å²) in [5.41, 5.74) is 0.758. The van der Waals surface area contributed by atoms with E-state index < -0.39 is 11.7 Å². The van der Waals surface area contributed by atoms with Gasteiger partial charge in [-0.3, -0.25) is 0 Å². The Bertz CT molecular complexity index is 867. The first kappa shape index (κ1) is 18.0. The Kier molecular flexibility index (Phi) is 5.48. The molecule has 25 heavy (non-hydrogen) atoms. The predicted octanol–water partition coefficient (Wildman–Crippen LogP) is 5.95. The maximum absolute atomic E-state index is 12.7. The van der Waals surface area contributed by atoms with E-state index >= 15 is 0 Å². The topological polar surface area (TPSA) is 38.9 Å². The van der Waals surface area contributed by atoms with E-state index in [4.69, 9.17) is 4.42 Å². The SMILES string of the molecule is FC(F)(F)c1cccc(CSCc2nnc(-c3ccccc3Br)o2)c1. The first-order chi connectivity index (χ1) is 11.9. The van der Waals surface area contributed by atoms with E-state index in [1.165, 1.54) is 17.8 Å². The monoisotopic (exact) mass is 428 g/mol. The van der Waals surface area contributed by atoms with Gasteiger partial charge in [-0.2, -0.15) is 13.2 Å². The average molecular weight is 429 g/mol. The maximum Gasteiger partial charge on any atom is 0.416 e. The normalized spacial score (nSPS) is 11.7. The van der Waals surface area contributed by atoms with Gasteiger partial charge in [0.15, 0.2) is 0 Å². The fraction of sp³-hybridized carbons (Fsp3) is 0.176. The van der Waals surface area contributed by atoms with Gasteiger partial charge in [0, 0.05) is 10.2 Å². The Morgan fingerprint density at radius 2 is 1.80 bits per heavy atom. The van der Waals surface area contributed by atoms with Crippen LogP contribution in [0.5, 0.6) is 0 Å². The number of hydrogen-bond donors (Lipinski definition) is 0. The molecular formula is C17H12BrF3N2OS. The molecule has 1 aromatic heterocycles. The van der Waals surface area contributed by atoms with Crippen LogP contribution in [0.15, 0.2) is 57.4 Å². The van der Waals surface area contributed by atoms with Crippen LogP contribution >= 0.6 is 27.7 Å². The van der Waals surface area contributed by atoms with Gasteiger partial charge < -0.3 is 4.42 Å². The molecule has 3 aromatic rings.